The molecule has 8 aliphatic rings. The van der Waals surface area contributed by atoms with E-state index in [-0.39, 0.29) is 47.0 Å². The lowest BCUT2D eigenvalue weighted by molar-refractivity contribution is -0.374. The number of ether oxygens (including phenoxy) is 6. The van der Waals surface area contributed by atoms with Crippen LogP contribution in [0.3, 0.4) is 0 Å². The summed E-state index contributed by atoms with van der Waals surface area (Å²) in [5.74, 6) is -2.49. The summed E-state index contributed by atoms with van der Waals surface area (Å²) in [5, 5.41) is 117. The maximum Gasteiger partial charge on any atom is 0.335 e. The summed E-state index contributed by atoms with van der Waals surface area (Å²) in [6.45, 7) is 14.3. The average Bonchev–Trinajstić information content (AvgIpc) is 3.24. The largest absolute Gasteiger partial charge is 0.479 e. The second-order valence-corrected chi connectivity index (χ2v) is 23.2. The number of aliphatic hydroxyl groups is 10. The lowest BCUT2D eigenvalue weighted by Gasteiger charge is -2.71. The third-order valence-corrected chi connectivity index (χ3v) is 18.9. The van der Waals surface area contributed by atoms with Crippen LogP contribution in [-0.2, 0) is 38.0 Å². The lowest BCUT2D eigenvalue weighted by Crippen LogP contribution is -2.68. The van der Waals surface area contributed by atoms with E-state index in [4.69, 9.17) is 28.4 Å². The molecule has 0 unspecified atom stereocenters. The highest BCUT2D eigenvalue weighted by Crippen LogP contribution is 2.76. The Labute approximate surface area is 385 Å². The summed E-state index contributed by atoms with van der Waals surface area (Å²) in [6, 6.07) is 0. The van der Waals surface area contributed by atoms with E-state index in [0.29, 0.717) is 38.5 Å². The quantitative estimate of drug-likeness (QED) is 0.0856. The van der Waals surface area contributed by atoms with Crippen LogP contribution in [0.15, 0.2) is 11.6 Å². The predicted octanol–water partition coefficient (Wildman–Crippen LogP) is -0.157. The van der Waals surface area contributed by atoms with E-state index in [9.17, 15) is 65.8 Å². The van der Waals surface area contributed by atoms with Gasteiger partial charge < -0.3 is 84.6 Å². The van der Waals surface area contributed by atoms with E-state index in [2.05, 4.69) is 54.5 Å². The Morgan fingerprint density at radius 3 is 2.06 bits per heavy atom. The Bertz CT molecular complexity index is 1860. The van der Waals surface area contributed by atoms with Crippen LogP contribution in [0.1, 0.15) is 106 Å². The molecule has 11 N–H and O–H groups in total. The number of aliphatic carboxylic acids is 1. The zero-order valence-corrected chi connectivity index (χ0v) is 39.0. The van der Waals surface area contributed by atoms with Crippen molar-refractivity contribution in [1.82, 2.24) is 0 Å². The molecule has 5 aliphatic carbocycles. The SMILES string of the molecule is CC1(C)CC[C@]2(C(=O)O[C@@H]3OC[C@@H](O)[C@H](O)[C@H]3O)[C@H](O)C[C@]3(C)C(=CC[C@@H]4[C@@]5(C)CC[C@H](O[C@@H]6O[C@H](C(=O)O)[C@@H](O)[C@H](O)[C@H]6O[C@@H]6O[C@H](CO)[C@H](O)[C@H](O)[C@H]6O)C(C)(C)[C@@H]5CC[C@]43C)[C@@H]2C1. The van der Waals surface area contributed by atoms with Crippen molar-refractivity contribution < 1.29 is 94.2 Å². The van der Waals surface area contributed by atoms with Crippen LogP contribution in [-0.4, -0.2) is 180 Å². The van der Waals surface area contributed by atoms with Crippen LogP contribution in [0.2, 0.25) is 0 Å². The Morgan fingerprint density at radius 2 is 1.39 bits per heavy atom. The number of allylic oxidation sites excluding steroid dienone is 2. The molecule has 3 saturated heterocycles. The normalized spacial score (nSPS) is 53.2. The second kappa shape index (κ2) is 17.4. The minimum absolute atomic E-state index is 0.0338. The lowest BCUT2D eigenvalue weighted by atomic mass is 9.33. The van der Waals surface area contributed by atoms with Crippen LogP contribution in [0.25, 0.3) is 0 Å². The van der Waals surface area contributed by atoms with Crippen molar-refractivity contribution in [3.63, 3.8) is 0 Å². The molecular formula is C47H74O19. The van der Waals surface area contributed by atoms with Gasteiger partial charge in [-0.2, -0.15) is 0 Å². The number of carbonyl (C=O) groups excluding carboxylic acids is 1. The predicted molar refractivity (Wildman–Crippen MR) is 226 cm³/mol. The molecule has 0 amide bonds. The molecule has 23 atom stereocenters. The third-order valence-electron chi connectivity index (χ3n) is 18.9. The second-order valence-electron chi connectivity index (χ2n) is 23.2. The van der Waals surface area contributed by atoms with Gasteiger partial charge >= 0.3 is 11.9 Å². The summed E-state index contributed by atoms with van der Waals surface area (Å²) in [4.78, 5) is 26.9. The Hall–Kier alpha value is -1.92. The molecule has 3 heterocycles. The van der Waals surface area contributed by atoms with Crippen molar-refractivity contribution in [2.75, 3.05) is 13.2 Å². The Kier molecular flexibility index (Phi) is 13.3. The van der Waals surface area contributed by atoms with Crippen molar-refractivity contribution in [2.24, 2.45) is 50.2 Å². The van der Waals surface area contributed by atoms with Gasteiger partial charge in [0.15, 0.2) is 18.7 Å². The van der Waals surface area contributed by atoms with Crippen LogP contribution >= 0.6 is 0 Å². The van der Waals surface area contributed by atoms with E-state index in [1.165, 1.54) is 0 Å². The maximum atomic E-state index is 14.6. The highest BCUT2D eigenvalue weighted by Gasteiger charge is 2.72. The standard InChI is InChI=1S/C47H74O19/c1-42(2)14-15-47(41(60)66-38-33(56)28(51)22(49)19-61-38)21(16-42)20-8-9-25-44(5)12-11-27(43(3,4)24(44)10-13-45(25,6)46(20,7)17-26(47)50)63-40-36(32(55)31(54)35(64-40)37(58)59)65-39-34(57)30(53)29(52)23(18-48)62-39/h8,21-36,38-40,48-57H,9-19H2,1-7H3,(H,58,59)/t21-,22+,23+,24-,25+,26+,27-,28-,29-,30-,31-,32-,33+,34+,35-,36+,38-,39-,40+,44-,45+,46+,47+/m0/s1. The van der Waals surface area contributed by atoms with Crippen molar-refractivity contribution in [1.29, 1.82) is 0 Å². The number of aliphatic hydroxyl groups excluding tert-OH is 10. The zero-order valence-electron chi connectivity index (χ0n) is 39.0. The summed E-state index contributed by atoms with van der Waals surface area (Å²) < 4.78 is 35.4. The van der Waals surface area contributed by atoms with Gasteiger partial charge in [-0.05, 0) is 103 Å². The van der Waals surface area contributed by atoms with E-state index < -0.39 is 133 Å². The number of carboxylic acid groups (broad SMARTS) is 1. The van der Waals surface area contributed by atoms with Gasteiger partial charge in [-0.25, -0.2) is 4.79 Å². The number of hydrogen-bond donors (Lipinski definition) is 11. The topological polar surface area (TPSA) is 312 Å². The monoisotopic (exact) mass is 942 g/mol. The molecule has 376 valence electrons. The van der Waals surface area contributed by atoms with Crippen LogP contribution in [0.4, 0.5) is 0 Å². The molecule has 0 aromatic carbocycles. The smallest absolute Gasteiger partial charge is 0.335 e. The van der Waals surface area contributed by atoms with Gasteiger partial charge in [0.05, 0.1) is 25.4 Å². The maximum absolute atomic E-state index is 14.6. The molecule has 7 fully saturated rings. The first-order chi connectivity index (χ1) is 30.7. The fraction of sp³-hybridized carbons (Fsp3) is 0.915. The van der Waals surface area contributed by atoms with Crippen LogP contribution in [0.5, 0.6) is 0 Å². The Balaban J connectivity index is 1.06. The summed E-state index contributed by atoms with van der Waals surface area (Å²) in [7, 11) is 0. The highest BCUT2D eigenvalue weighted by molar-refractivity contribution is 5.80. The molecule has 3 aliphatic heterocycles. The molecule has 0 bridgehead atoms. The molecule has 0 aromatic rings. The number of rotatable bonds is 8. The molecule has 66 heavy (non-hydrogen) atoms. The van der Waals surface area contributed by atoms with Gasteiger partial charge in [-0.15, -0.1) is 0 Å². The van der Waals surface area contributed by atoms with Gasteiger partial charge in [0, 0.05) is 0 Å². The van der Waals surface area contributed by atoms with Gasteiger partial charge in [0.25, 0.3) is 0 Å². The molecule has 19 nitrogen and oxygen atoms in total. The molecule has 4 saturated carbocycles. The van der Waals surface area contributed by atoms with Crippen molar-refractivity contribution in [2.45, 2.75) is 204 Å². The molecule has 8 rings (SSSR count). The molecule has 19 heteroatoms. The van der Waals surface area contributed by atoms with Gasteiger partial charge in [0.2, 0.25) is 6.29 Å². The number of carbonyl (C=O) groups is 2. The fourth-order valence-electron chi connectivity index (χ4n) is 14.8. The minimum atomic E-state index is -1.99. The average molecular weight is 943 g/mol. The van der Waals surface area contributed by atoms with E-state index in [1.54, 1.807) is 0 Å². The molecule has 0 radical (unpaired) electrons. The zero-order chi connectivity index (χ0) is 48.4. The van der Waals surface area contributed by atoms with E-state index >= 15 is 0 Å². The minimum Gasteiger partial charge on any atom is -0.479 e. The van der Waals surface area contributed by atoms with E-state index in [0.717, 1.165) is 18.4 Å². The highest BCUT2D eigenvalue weighted by atomic mass is 16.8. The van der Waals surface area contributed by atoms with Gasteiger partial charge in [-0.1, -0.05) is 60.1 Å². The third kappa shape index (κ3) is 7.64. The number of esters is 1. The summed E-state index contributed by atoms with van der Waals surface area (Å²) in [6.07, 6.45) is -17.8. The molecular weight excluding hydrogens is 868 g/mol. The van der Waals surface area contributed by atoms with Crippen LogP contribution < -0.4 is 0 Å². The number of fused-ring (bicyclic) bond motifs is 7. The van der Waals surface area contributed by atoms with Crippen molar-refractivity contribution >= 4 is 11.9 Å². The first-order valence-electron chi connectivity index (χ1n) is 23.8. The van der Waals surface area contributed by atoms with Gasteiger partial charge in [0.1, 0.15) is 66.5 Å². The Morgan fingerprint density at radius 1 is 0.712 bits per heavy atom. The van der Waals surface area contributed by atoms with E-state index in [1.807, 2.05) is 0 Å². The van der Waals surface area contributed by atoms with Crippen molar-refractivity contribution in [3.8, 4) is 0 Å². The van der Waals surface area contributed by atoms with Gasteiger partial charge in [-0.3, -0.25) is 4.79 Å². The molecule has 0 spiro atoms. The number of carboxylic acids is 1. The first kappa shape index (κ1) is 50.5. The first-order valence-corrected chi connectivity index (χ1v) is 23.8. The van der Waals surface area contributed by atoms with Crippen molar-refractivity contribution in [3.05, 3.63) is 11.6 Å². The summed E-state index contributed by atoms with van der Waals surface area (Å²) in [5.41, 5.74) is -2.16. The summed E-state index contributed by atoms with van der Waals surface area (Å²) >= 11 is 0. The fourth-order valence-corrected chi connectivity index (χ4v) is 14.8. The molecule has 0 aromatic heterocycles. The number of hydrogen-bond acceptors (Lipinski definition) is 18. The van der Waals surface area contributed by atoms with Crippen LogP contribution in [0, 0.1) is 50.2 Å².